The molecule has 0 saturated carbocycles. The SMILES string of the molecule is COc1ccc(Br)cc1Cc1ccc(Cc2cc3ccccc3o2)cc1. The number of methoxy groups -OCH3 is 1. The van der Waals surface area contributed by atoms with Crippen LogP contribution in [0.25, 0.3) is 11.0 Å². The minimum atomic E-state index is 0.801. The minimum absolute atomic E-state index is 0.801. The first-order valence-corrected chi connectivity index (χ1v) is 9.38. The molecular weight excluding hydrogens is 388 g/mol. The Labute approximate surface area is 161 Å². The molecule has 0 aliphatic heterocycles. The summed E-state index contributed by atoms with van der Waals surface area (Å²) in [5, 5.41) is 1.15. The quantitative estimate of drug-likeness (QED) is 0.383. The van der Waals surface area contributed by atoms with Crippen molar-refractivity contribution in [3.63, 3.8) is 0 Å². The molecule has 0 spiro atoms. The second kappa shape index (κ2) is 7.38. The molecule has 4 aromatic rings. The number of para-hydroxylation sites is 1. The Morgan fingerprint density at radius 2 is 1.58 bits per heavy atom. The first-order valence-electron chi connectivity index (χ1n) is 8.59. The number of halogens is 1. The van der Waals surface area contributed by atoms with E-state index in [4.69, 9.17) is 9.15 Å². The smallest absolute Gasteiger partial charge is 0.134 e. The van der Waals surface area contributed by atoms with Crippen LogP contribution < -0.4 is 4.74 Å². The molecule has 3 heteroatoms. The van der Waals surface area contributed by atoms with Crippen LogP contribution in [0.2, 0.25) is 0 Å². The fourth-order valence-electron chi connectivity index (χ4n) is 3.21. The van der Waals surface area contributed by atoms with E-state index in [1.54, 1.807) is 7.11 Å². The zero-order valence-electron chi connectivity index (χ0n) is 14.5. The first-order chi connectivity index (χ1) is 12.7. The molecule has 0 radical (unpaired) electrons. The third-order valence-corrected chi connectivity index (χ3v) is 5.01. The lowest BCUT2D eigenvalue weighted by atomic mass is 10.0. The van der Waals surface area contributed by atoms with E-state index in [2.05, 4.69) is 58.4 Å². The summed E-state index contributed by atoms with van der Waals surface area (Å²) >= 11 is 3.54. The zero-order valence-corrected chi connectivity index (χ0v) is 16.1. The molecule has 0 N–H and O–H groups in total. The van der Waals surface area contributed by atoms with Gasteiger partial charge < -0.3 is 9.15 Å². The molecule has 26 heavy (non-hydrogen) atoms. The summed E-state index contributed by atoms with van der Waals surface area (Å²) in [6.07, 6.45) is 1.64. The zero-order chi connectivity index (χ0) is 17.9. The number of furan rings is 1. The maximum absolute atomic E-state index is 5.92. The third kappa shape index (κ3) is 3.68. The van der Waals surface area contributed by atoms with E-state index in [-0.39, 0.29) is 0 Å². The van der Waals surface area contributed by atoms with Gasteiger partial charge in [-0.2, -0.15) is 0 Å². The number of benzene rings is 3. The van der Waals surface area contributed by atoms with Gasteiger partial charge in [-0.05, 0) is 47.0 Å². The molecular formula is C23H19BrO2. The molecule has 0 fully saturated rings. The van der Waals surface area contributed by atoms with E-state index in [9.17, 15) is 0 Å². The topological polar surface area (TPSA) is 22.4 Å². The highest BCUT2D eigenvalue weighted by Crippen LogP contribution is 2.26. The van der Waals surface area contributed by atoms with Crippen molar-refractivity contribution in [2.24, 2.45) is 0 Å². The van der Waals surface area contributed by atoms with Crippen LogP contribution in [-0.2, 0) is 12.8 Å². The van der Waals surface area contributed by atoms with Gasteiger partial charge in [0.05, 0.1) is 7.11 Å². The summed E-state index contributed by atoms with van der Waals surface area (Å²) in [6, 6.07) is 25.1. The van der Waals surface area contributed by atoms with E-state index < -0.39 is 0 Å². The summed E-state index contributed by atoms with van der Waals surface area (Å²) < 4.78 is 12.5. The molecule has 0 unspecified atom stereocenters. The summed E-state index contributed by atoms with van der Waals surface area (Å²) in [4.78, 5) is 0. The largest absolute Gasteiger partial charge is 0.496 e. The Bertz CT molecular complexity index is 999. The molecule has 0 saturated heterocycles. The van der Waals surface area contributed by atoms with E-state index >= 15 is 0 Å². The molecule has 2 nitrogen and oxygen atoms in total. The van der Waals surface area contributed by atoms with Crippen molar-refractivity contribution < 1.29 is 9.15 Å². The normalized spacial score (nSPS) is 11.0. The highest BCUT2D eigenvalue weighted by atomic mass is 79.9. The highest BCUT2D eigenvalue weighted by Gasteiger charge is 2.07. The van der Waals surface area contributed by atoms with Crippen LogP contribution in [0.3, 0.4) is 0 Å². The lowest BCUT2D eigenvalue weighted by molar-refractivity contribution is 0.410. The number of ether oxygens (including phenoxy) is 1. The Kier molecular flexibility index (Phi) is 4.81. The van der Waals surface area contributed by atoms with Crippen molar-refractivity contribution in [2.45, 2.75) is 12.8 Å². The minimum Gasteiger partial charge on any atom is -0.496 e. The second-order valence-corrected chi connectivity index (χ2v) is 7.29. The first kappa shape index (κ1) is 16.9. The van der Waals surface area contributed by atoms with Crippen LogP contribution in [0.4, 0.5) is 0 Å². The predicted molar refractivity (Wildman–Crippen MR) is 109 cm³/mol. The summed E-state index contributed by atoms with van der Waals surface area (Å²) in [6.45, 7) is 0. The summed E-state index contributed by atoms with van der Waals surface area (Å²) in [5.41, 5.74) is 4.62. The monoisotopic (exact) mass is 406 g/mol. The third-order valence-electron chi connectivity index (χ3n) is 4.51. The lowest BCUT2D eigenvalue weighted by Crippen LogP contribution is -1.94. The molecule has 0 atom stereocenters. The van der Waals surface area contributed by atoms with Crippen molar-refractivity contribution >= 4 is 26.9 Å². The van der Waals surface area contributed by atoms with E-state index in [1.165, 1.54) is 16.7 Å². The molecule has 0 aliphatic rings. The summed E-state index contributed by atoms with van der Waals surface area (Å²) in [7, 11) is 1.71. The van der Waals surface area contributed by atoms with Crippen molar-refractivity contribution in [2.75, 3.05) is 7.11 Å². The van der Waals surface area contributed by atoms with Gasteiger partial charge >= 0.3 is 0 Å². The molecule has 0 bridgehead atoms. The van der Waals surface area contributed by atoms with Crippen molar-refractivity contribution in [1.82, 2.24) is 0 Å². The molecule has 1 heterocycles. The van der Waals surface area contributed by atoms with E-state index in [1.807, 2.05) is 30.3 Å². The van der Waals surface area contributed by atoms with Gasteiger partial charge in [-0.25, -0.2) is 0 Å². The lowest BCUT2D eigenvalue weighted by Gasteiger charge is -2.09. The average Bonchev–Trinajstić information content (AvgIpc) is 3.06. The molecule has 0 amide bonds. The molecule has 130 valence electrons. The molecule has 1 aromatic heterocycles. The fraction of sp³-hybridized carbons (Fsp3) is 0.130. The van der Waals surface area contributed by atoms with Crippen molar-refractivity contribution in [3.05, 3.63) is 99.7 Å². The Morgan fingerprint density at radius 1 is 0.846 bits per heavy atom. The fourth-order valence-corrected chi connectivity index (χ4v) is 3.61. The molecule has 3 aromatic carbocycles. The molecule has 0 aliphatic carbocycles. The number of hydrogen-bond donors (Lipinski definition) is 0. The predicted octanol–water partition coefficient (Wildman–Crippen LogP) is 6.39. The number of hydrogen-bond acceptors (Lipinski definition) is 2. The highest BCUT2D eigenvalue weighted by molar-refractivity contribution is 9.10. The Morgan fingerprint density at radius 3 is 2.31 bits per heavy atom. The van der Waals surface area contributed by atoms with Gasteiger partial charge in [-0.3, -0.25) is 0 Å². The van der Waals surface area contributed by atoms with Gasteiger partial charge in [-0.1, -0.05) is 58.4 Å². The van der Waals surface area contributed by atoms with Crippen LogP contribution in [0.15, 0.2) is 81.7 Å². The maximum Gasteiger partial charge on any atom is 0.134 e. The standard InChI is InChI=1S/C23H19BrO2/c1-25-22-11-10-20(24)14-19(22)12-16-6-8-17(9-7-16)13-21-15-18-4-2-3-5-23(18)26-21/h2-11,14-15H,12-13H2,1H3. The number of rotatable bonds is 5. The van der Waals surface area contributed by atoms with E-state index in [0.29, 0.717) is 0 Å². The van der Waals surface area contributed by atoms with Crippen LogP contribution in [-0.4, -0.2) is 7.11 Å². The van der Waals surface area contributed by atoms with Crippen LogP contribution in [0, 0.1) is 0 Å². The van der Waals surface area contributed by atoms with Crippen molar-refractivity contribution in [1.29, 1.82) is 0 Å². The van der Waals surface area contributed by atoms with Gasteiger partial charge in [0.2, 0.25) is 0 Å². The Balaban J connectivity index is 1.51. The Hall–Kier alpha value is -2.52. The average molecular weight is 407 g/mol. The van der Waals surface area contributed by atoms with Crippen LogP contribution >= 0.6 is 15.9 Å². The van der Waals surface area contributed by atoms with Gasteiger partial charge in [0.25, 0.3) is 0 Å². The van der Waals surface area contributed by atoms with Gasteiger partial charge in [0.15, 0.2) is 0 Å². The second-order valence-electron chi connectivity index (χ2n) is 6.38. The maximum atomic E-state index is 5.92. The van der Waals surface area contributed by atoms with Gasteiger partial charge in [-0.15, -0.1) is 0 Å². The van der Waals surface area contributed by atoms with Gasteiger partial charge in [0, 0.05) is 22.7 Å². The van der Waals surface area contributed by atoms with Crippen LogP contribution in [0.1, 0.15) is 22.5 Å². The molecule has 4 rings (SSSR count). The summed E-state index contributed by atoms with van der Waals surface area (Å²) in [5.74, 6) is 1.91. The van der Waals surface area contributed by atoms with Gasteiger partial charge in [0.1, 0.15) is 17.1 Å². The number of fused-ring (bicyclic) bond motifs is 1. The van der Waals surface area contributed by atoms with Crippen molar-refractivity contribution in [3.8, 4) is 5.75 Å². The van der Waals surface area contributed by atoms with Crippen LogP contribution in [0.5, 0.6) is 5.75 Å². The van der Waals surface area contributed by atoms with E-state index in [0.717, 1.165) is 39.8 Å².